The van der Waals surface area contributed by atoms with E-state index in [4.69, 9.17) is 7.10 Å². The molecule has 0 aromatic heterocycles. The normalized spacial score (nSPS) is 16.1. The molecule has 0 aromatic rings. The van der Waals surface area contributed by atoms with E-state index >= 15 is 0 Å². The van der Waals surface area contributed by atoms with Crippen molar-refractivity contribution in [1.82, 2.24) is 5.32 Å². The summed E-state index contributed by atoms with van der Waals surface area (Å²) in [5.74, 6) is -0.195. The number of nitrogens with one attached hydrogen (secondary N) is 1. The van der Waals surface area contributed by atoms with Gasteiger partial charge in [-0.05, 0) is 20.7 Å². The van der Waals surface area contributed by atoms with E-state index in [9.17, 15) is 4.79 Å². The molecule has 4 heteroatoms. The minimum Gasteiger partial charge on any atom is -0.353 e. The van der Waals surface area contributed by atoms with Crippen LogP contribution in [0.3, 0.4) is 0 Å². The number of carbonyl (C=O) groups is 1. The van der Waals surface area contributed by atoms with Crippen LogP contribution in [0, 0.1) is 0 Å². The van der Waals surface area contributed by atoms with Crippen LogP contribution >= 0.6 is 12.4 Å². The van der Waals surface area contributed by atoms with Crippen LogP contribution in [0.5, 0.6) is 0 Å². The molecule has 1 amide bonds. The van der Waals surface area contributed by atoms with E-state index in [-0.39, 0.29) is 31.3 Å². The summed E-state index contributed by atoms with van der Waals surface area (Å²) in [7, 11) is 0. The number of amides is 1. The Balaban J connectivity index is 0. The predicted octanol–water partition coefficient (Wildman–Crippen LogP) is 0.280. The number of hydrogen-bond acceptors (Lipinski definition) is 2. The molecule has 0 aliphatic carbocycles. The third-order valence-corrected chi connectivity index (χ3v) is 0.802. The average molecular weight is 168 g/mol. The van der Waals surface area contributed by atoms with Crippen LogP contribution in [0.15, 0.2) is 0 Å². The van der Waals surface area contributed by atoms with Gasteiger partial charge in [0.1, 0.15) is 0 Å². The van der Waals surface area contributed by atoms with Gasteiger partial charge in [-0.25, -0.2) is 0 Å². The van der Waals surface area contributed by atoms with Gasteiger partial charge < -0.3 is 11.1 Å². The minimum absolute atomic E-state index is 0. The van der Waals surface area contributed by atoms with Crippen molar-refractivity contribution in [2.24, 2.45) is 5.73 Å². The van der Waals surface area contributed by atoms with Gasteiger partial charge in [-0.15, -0.1) is 12.4 Å². The third-order valence-electron chi connectivity index (χ3n) is 0.802. The Morgan fingerprint density at radius 2 is 2.20 bits per heavy atom. The van der Waals surface area contributed by atoms with Gasteiger partial charge in [0.15, 0.2) is 0 Å². The predicted molar refractivity (Wildman–Crippen MR) is 44.2 cm³/mol. The zero-order valence-electron chi connectivity index (χ0n) is 7.26. The van der Waals surface area contributed by atoms with Crippen molar-refractivity contribution >= 4 is 18.3 Å². The van der Waals surface area contributed by atoms with E-state index in [1.807, 2.05) is 0 Å². The molecule has 0 rings (SSSR count). The summed E-state index contributed by atoms with van der Waals surface area (Å²) >= 11 is 0. The van der Waals surface area contributed by atoms with Gasteiger partial charge in [-0.1, -0.05) is 0 Å². The number of halogens is 1. The monoisotopic (exact) mass is 167 g/mol. The number of rotatable bonds is 2. The number of hydrogen-bond donors (Lipinski definition) is 2. The van der Waals surface area contributed by atoms with Gasteiger partial charge in [-0.2, -0.15) is 0 Å². The largest absolute Gasteiger partial charge is 0.353 e. The van der Waals surface area contributed by atoms with Crippen molar-refractivity contribution in [3.05, 3.63) is 0 Å². The highest BCUT2D eigenvalue weighted by atomic mass is 35.5. The lowest BCUT2D eigenvalue weighted by Gasteiger charge is -2.09. The standard InChI is InChI=1S/C6H14N2O.ClH/c1-4(2)8-6(9)5(3)7;/h4-5H,7H2,1-3H3,(H,8,9);1H/t5-;/m0./s1/i1D;/t4?,5-;. The van der Waals surface area contributed by atoms with Crippen molar-refractivity contribution < 1.29 is 6.17 Å². The van der Waals surface area contributed by atoms with Crippen molar-refractivity contribution in [3.63, 3.8) is 0 Å². The van der Waals surface area contributed by atoms with E-state index in [1.165, 1.54) is 0 Å². The molecule has 2 atom stereocenters. The fraction of sp³-hybridized carbons (Fsp3) is 0.833. The molecule has 1 unspecified atom stereocenters. The average Bonchev–Trinajstić information content (AvgIpc) is 1.87. The lowest BCUT2D eigenvalue weighted by atomic mass is 10.3. The van der Waals surface area contributed by atoms with E-state index in [0.717, 1.165) is 0 Å². The van der Waals surface area contributed by atoms with Crippen LogP contribution in [0.1, 0.15) is 22.1 Å². The highest BCUT2D eigenvalue weighted by Gasteiger charge is 2.06. The second kappa shape index (κ2) is 5.50. The Morgan fingerprint density at radius 3 is 2.50 bits per heavy atom. The molecule has 0 saturated carbocycles. The minimum atomic E-state index is -0.478. The van der Waals surface area contributed by atoms with Gasteiger partial charge in [0.05, 0.1) is 6.04 Å². The highest BCUT2D eigenvalue weighted by molar-refractivity contribution is 5.85. The number of carbonyl (C=O) groups excluding carboxylic acids is 1. The Morgan fingerprint density at radius 1 is 1.70 bits per heavy atom. The summed E-state index contributed by atoms with van der Waals surface area (Å²) in [6.45, 7) is 3.58. The van der Waals surface area contributed by atoms with Crippen LogP contribution in [-0.4, -0.2) is 18.0 Å². The highest BCUT2D eigenvalue weighted by Crippen LogP contribution is 1.79. The van der Waals surface area contributed by atoms with E-state index in [2.05, 4.69) is 5.32 Å². The van der Waals surface area contributed by atoms with Gasteiger partial charge >= 0.3 is 0 Å². The van der Waals surface area contributed by atoms with Crippen molar-refractivity contribution in [2.45, 2.75) is 32.8 Å². The smallest absolute Gasteiger partial charge is 0.236 e. The van der Waals surface area contributed by atoms with Crippen LogP contribution < -0.4 is 11.1 Å². The maximum Gasteiger partial charge on any atom is 0.236 e. The quantitative estimate of drug-likeness (QED) is 0.621. The van der Waals surface area contributed by atoms with Gasteiger partial charge in [0, 0.05) is 7.41 Å². The molecule has 0 saturated heterocycles. The Kier molecular flexibility index (Phi) is 5.35. The molecule has 10 heavy (non-hydrogen) atoms. The Hall–Kier alpha value is -0.280. The maximum atomic E-state index is 10.8. The summed E-state index contributed by atoms with van der Waals surface area (Å²) in [6, 6.07) is -0.576. The molecule has 0 radical (unpaired) electrons. The van der Waals surface area contributed by atoms with Crippen molar-refractivity contribution in [3.8, 4) is 0 Å². The second-order valence-corrected chi connectivity index (χ2v) is 2.20. The lowest BCUT2D eigenvalue weighted by molar-refractivity contribution is -0.122. The van der Waals surface area contributed by atoms with E-state index in [0.29, 0.717) is 0 Å². The third kappa shape index (κ3) is 5.85. The molecule has 0 heterocycles. The van der Waals surface area contributed by atoms with Gasteiger partial charge in [-0.3, -0.25) is 4.79 Å². The Labute approximate surface area is 69.2 Å². The van der Waals surface area contributed by atoms with Crippen LogP contribution in [0.25, 0.3) is 0 Å². The molecule has 62 valence electrons. The molecule has 0 aromatic carbocycles. The first-order valence-electron chi connectivity index (χ1n) is 3.63. The van der Waals surface area contributed by atoms with E-state index in [1.54, 1.807) is 13.8 Å². The topological polar surface area (TPSA) is 55.1 Å². The second-order valence-electron chi connectivity index (χ2n) is 2.20. The van der Waals surface area contributed by atoms with Crippen molar-refractivity contribution in [2.75, 3.05) is 0 Å². The molecule has 3 nitrogen and oxygen atoms in total. The SMILES string of the molecule is Cl.[2H]CC(C)NC(=O)[C@H](C)N. The zero-order valence-corrected chi connectivity index (χ0v) is 7.07. The summed E-state index contributed by atoms with van der Waals surface area (Å²) < 4.78 is 6.89. The lowest BCUT2D eigenvalue weighted by Crippen LogP contribution is -2.41. The first kappa shape index (κ1) is 9.72. The summed E-state index contributed by atoms with van der Waals surface area (Å²) in [6.07, 6.45) is 0. The maximum absolute atomic E-state index is 10.8. The Bertz CT molecular complexity index is 121. The first-order valence-corrected chi connectivity index (χ1v) is 2.93. The van der Waals surface area contributed by atoms with Crippen LogP contribution in [0.2, 0.25) is 0 Å². The summed E-state index contributed by atoms with van der Waals surface area (Å²) in [4.78, 5) is 10.8. The molecular weight excluding hydrogens is 152 g/mol. The molecule has 0 bridgehead atoms. The zero-order chi connectivity index (χ0) is 8.15. The molecule has 0 fully saturated rings. The van der Waals surface area contributed by atoms with Crippen molar-refractivity contribution in [1.29, 1.82) is 0 Å². The van der Waals surface area contributed by atoms with Crippen LogP contribution in [-0.2, 0) is 4.79 Å². The molecule has 0 aliphatic heterocycles. The molecule has 0 spiro atoms. The van der Waals surface area contributed by atoms with Crippen LogP contribution in [0.4, 0.5) is 0 Å². The molecule has 0 aliphatic rings. The molecule has 3 N–H and O–H groups in total. The van der Waals surface area contributed by atoms with E-state index < -0.39 is 6.04 Å². The van der Waals surface area contributed by atoms with Gasteiger partial charge in [0.2, 0.25) is 5.91 Å². The first-order chi connectivity index (χ1) is 4.57. The van der Waals surface area contributed by atoms with Gasteiger partial charge in [0.25, 0.3) is 0 Å². The fourth-order valence-corrected chi connectivity index (χ4v) is 0.374. The summed E-state index contributed by atoms with van der Waals surface area (Å²) in [5, 5.41) is 2.58. The summed E-state index contributed by atoms with van der Waals surface area (Å²) in [5.41, 5.74) is 5.27. The molecular formula is C6H15ClN2O. The number of nitrogens with two attached hydrogens (primary N) is 1. The fourth-order valence-electron chi connectivity index (χ4n) is 0.374.